The molecule has 1 saturated heterocycles. The first-order valence-electron chi connectivity index (χ1n) is 13.4. The SMILES string of the molecule is O=C(O)c1cc2c(s1)c(-c1ccccc1)c(-c1ccc3nc(-c4ccc(Cl)s4)ccc3c1)n2CC(=O)N1CCOCC1. The zero-order valence-electron chi connectivity index (χ0n) is 22.2. The van der Waals surface area contributed by atoms with Crippen LogP contribution in [0.25, 0.3) is 54.1 Å². The number of carbonyl (C=O) groups excluding carboxylic acids is 1. The molecule has 2 aromatic carbocycles. The second kappa shape index (κ2) is 11.0. The second-order valence-corrected chi connectivity index (χ2v) is 12.8. The topological polar surface area (TPSA) is 84.7 Å². The minimum absolute atomic E-state index is 0.0270. The van der Waals surface area contributed by atoms with Gasteiger partial charge in [-0.3, -0.25) is 4.79 Å². The third-order valence-electron chi connectivity index (χ3n) is 7.46. The number of carbonyl (C=O) groups is 2. The molecule has 7 rings (SSSR count). The third-order valence-corrected chi connectivity index (χ3v) is 9.84. The van der Waals surface area contributed by atoms with Gasteiger partial charge in [-0.25, -0.2) is 9.78 Å². The van der Waals surface area contributed by atoms with E-state index in [-0.39, 0.29) is 17.3 Å². The Kier molecular flexibility index (Phi) is 7.03. The molecule has 10 heteroatoms. The number of ether oxygens (including phenoxy) is 1. The van der Waals surface area contributed by atoms with Gasteiger partial charge in [-0.2, -0.15) is 0 Å². The van der Waals surface area contributed by atoms with Crippen LogP contribution in [0.5, 0.6) is 0 Å². The Labute approximate surface area is 254 Å². The van der Waals surface area contributed by atoms with Crippen molar-refractivity contribution in [1.29, 1.82) is 0 Å². The highest BCUT2D eigenvalue weighted by molar-refractivity contribution is 7.21. The molecule has 1 N–H and O–H groups in total. The van der Waals surface area contributed by atoms with Gasteiger partial charge in [0, 0.05) is 24.0 Å². The maximum atomic E-state index is 13.6. The Balaban J connectivity index is 1.42. The minimum Gasteiger partial charge on any atom is -0.477 e. The molecule has 210 valence electrons. The zero-order chi connectivity index (χ0) is 28.8. The van der Waals surface area contributed by atoms with Crippen LogP contribution in [0, 0.1) is 0 Å². The minimum atomic E-state index is -0.984. The van der Waals surface area contributed by atoms with E-state index in [1.54, 1.807) is 6.07 Å². The molecule has 1 fully saturated rings. The van der Waals surface area contributed by atoms with Crippen LogP contribution in [-0.2, 0) is 16.1 Å². The van der Waals surface area contributed by atoms with Gasteiger partial charge in [-0.05, 0) is 47.5 Å². The number of hydrogen-bond donors (Lipinski definition) is 1. The molecule has 0 unspecified atom stereocenters. The first kappa shape index (κ1) is 26.9. The Morgan fingerprint density at radius 3 is 2.48 bits per heavy atom. The number of hydrogen-bond acceptors (Lipinski definition) is 6. The summed E-state index contributed by atoms with van der Waals surface area (Å²) in [5.41, 5.74) is 6.10. The number of fused-ring (bicyclic) bond motifs is 2. The van der Waals surface area contributed by atoms with Crippen molar-refractivity contribution in [3.63, 3.8) is 0 Å². The molecule has 0 radical (unpaired) electrons. The van der Waals surface area contributed by atoms with Crippen molar-refractivity contribution in [1.82, 2.24) is 14.5 Å². The number of amides is 1. The van der Waals surface area contributed by atoms with Crippen LogP contribution in [0.4, 0.5) is 0 Å². The summed E-state index contributed by atoms with van der Waals surface area (Å²) in [6, 6.07) is 25.6. The summed E-state index contributed by atoms with van der Waals surface area (Å²) in [6.45, 7) is 2.17. The van der Waals surface area contributed by atoms with Crippen LogP contribution in [0.3, 0.4) is 0 Å². The lowest BCUT2D eigenvalue weighted by Crippen LogP contribution is -2.42. The molecule has 5 heterocycles. The Morgan fingerprint density at radius 2 is 1.74 bits per heavy atom. The van der Waals surface area contributed by atoms with Gasteiger partial charge in [-0.1, -0.05) is 54.1 Å². The lowest BCUT2D eigenvalue weighted by molar-refractivity contribution is -0.135. The fourth-order valence-corrected chi connectivity index (χ4v) is 7.56. The lowest BCUT2D eigenvalue weighted by atomic mass is 10.00. The highest BCUT2D eigenvalue weighted by Gasteiger charge is 2.27. The van der Waals surface area contributed by atoms with Crippen LogP contribution in [0.2, 0.25) is 4.34 Å². The predicted molar refractivity (Wildman–Crippen MR) is 169 cm³/mol. The van der Waals surface area contributed by atoms with Crippen LogP contribution in [0.15, 0.2) is 78.9 Å². The zero-order valence-corrected chi connectivity index (χ0v) is 24.6. The van der Waals surface area contributed by atoms with E-state index in [1.165, 1.54) is 22.7 Å². The predicted octanol–water partition coefficient (Wildman–Crippen LogP) is 7.52. The van der Waals surface area contributed by atoms with Crippen molar-refractivity contribution in [2.24, 2.45) is 0 Å². The average molecular weight is 614 g/mol. The summed E-state index contributed by atoms with van der Waals surface area (Å²) in [4.78, 5) is 33.5. The number of pyridine rings is 1. The Hall–Kier alpha value is -4.02. The van der Waals surface area contributed by atoms with Crippen molar-refractivity contribution in [2.45, 2.75) is 6.54 Å². The molecular formula is C32H24ClN3O4S2. The van der Waals surface area contributed by atoms with Gasteiger partial charge in [0.1, 0.15) is 11.4 Å². The van der Waals surface area contributed by atoms with Gasteiger partial charge in [-0.15, -0.1) is 22.7 Å². The number of aromatic carboxylic acids is 1. The number of rotatable bonds is 6. The van der Waals surface area contributed by atoms with Crippen molar-refractivity contribution < 1.29 is 19.4 Å². The highest BCUT2D eigenvalue weighted by atomic mass is 35.5. The summed E-state index contributed by atoms with van der Waals surface area (Å²) in [6.07, 6.45) is 0. The van der Waals surface area contributed by atoms with Crippen LogP contribution < -0.4 is 0 Å². The fraction of sp³-hybridized carbons (Fsp3) is 0.156. The fourth-order valence-electron chi connectivity index (χ4n) is 5.48. The Bertz CT molecular complexity index is 1970. The number of benzene rings is 2. The van der Waals surface area contributed by atoms with E-state index in [9.17, 15) is 14.7 Å². The van der Waals surface area contributed by atoms with E-state index < -0.39 is 5.97 Å². The number of aromatic nitrogens is 2. The summed E-state index contributed by atoms with van der Waals surface area (Å²) < 4.78 is 8.99. The monoisotopic (exact) mass is 613 g/mol. The van der Waals surface area contributed by atoms with E-state index in [2.05, 4.69) is 6.07 Å². The smallest absolute Gasteiger partial charge is 0.345 e. The molecule has 1 aliphatic heterocycles. The van der Waals surface area contributed by atoms with Gasteiger partial charge in [0.25, 0.3) is 0 Å². The molecule has 4 aromatic heterocycles. The number of morpholine rings is 1. The Morgan fingerprint density at radius 1 is 0.929 bits per heavy atom. The van der Waals surface area contributed by atoms with Gasteiger partial charge >= 0.3 is 5.97 Å². The molecular weight excluding hydrogens is 590 g/mol. The molecule has 7 nitrogen and oxygen atoms in total. The van der Waals surface area contributed by atoms with Crippen molar-refractivity contribution in [2.75, 3.05) is 26.3 Å². The van der Waals surface area contributed by atoms with E-state index in [0.717, 1.165) is 54.1 Å². The van der Waals surface area contributed by atoms with Crippen LogP contribution >= 0.6 is 34.3 Å². The summed E-state index contributed by atoms with van der Waals surface area (Å²) in [7, 11) is 0. The third kappa shape index (κ3) is 4.88. The van der Waals surface area contributed by atoms with Crippen LogP contribution in [-0.4, -0.2) is 57.7 Å². The lowest BCUT2D eigenvalue weighted by Gasteiger charge is -2.27. The molecule has 0 aliphatic carbocycles. The van der Waals surface area contributed by atoms with E-state index in [1.807, 2.05) is 76.2 Å². The van der Waals surface area contributed by atoms with E-state index in [0.29, 0.717) is 30.6 Å². The number of nitrogens with zero attached hydrogens (tertiary/aromatic N) is 3. The van der Waals surface area contributed by atoms with Gasteiger partial charge in [0.2, 0.25) is 5.91 Å². The molecule has 6 aromatic rings. The maximum Gasteiger partial charge on any atom is 0.345 e. The summed E-state index contributed by atoms with van der Waals surface area (Å²) in [5.74, 6) is -1.01. The molecule has 42 heavy (non-hydrogen) atoms. The van der Waals surface area contributed by atoms with Crippen molar-refractivity contribution in [3.8, 4) is 33.0 Å². The summed E-state index contributed by atoms with van der Waals surface area (Å²) >= 11 is 8.88. The first-order chi connectivity index (χ1) is 20.5. The quantitative estimate of drug-likeness (QED) is 0.210. The van der Waals surface area contributed by atoms with Gasteiger partial charge < -0.3 is 19.3 Å². The van der Waals surface area contributed by atoms with E-state index >= 15 is 0 Å². The molecule has 1 aliphatic rings. The first-order valence-corrected chi connectivity index (χ1v) is 15.4. The summed E-state index contributed by atoms with van der Waals surface area (Å²) in [5, 5.41) is 10.8. The van der Waals surface area contributed by atoms with Crippen molar-refractivity contribution >= 4 is 67.3 Å². The maximum absolute atomic E-state index is 13.6. The van der Waals surface area contributed by atoms with E-state index in [4.69, 9.17) is 21.3 Å². The van der Waals surface area contributed by atoms with Gasteiger partial charge in [0.05, 0.1) is 49.5 Å². The molecule has 0 spiro atoms. The number of carboxylic acids is 1. The largest absolute Gasteiger partial charge is 0.477 e. The van der Waals surface area contributed by atoms with Gasteiger partial charge in [0.15, 0.2) is 0 Å². The molecule has 1 amide bonds. The second-order valence-electron chi connectivity index (χ2n) is 10.0. The normalized spacial score (nSPS) is 13.7. The number of thiophene rings is 2. The van der Waals surface area contributed by atoms with Crippen LogP contribution in [0.1, 0.15) is 9.67 Å². The van der Waals surface area contributed by atoms with Crippen molar-refractivity contribution in [3.05, 3.63) is 88.1 Å². The number of carboxylic acid groups (broad SMARTS) is 1. The number of halogens is 1. The molecule has 0 atom stereocenters. The average Bonchev–Trinajstić information content (AvgIpc) is 3.72. The standard InChI is InChI=1S/C32H24ClN3O4S2/c33-27-11-10-25(41-27)23-9-6-20-16-21(7-8-22(20)34-23)30-29(19-4-2-1-3-5-19)31-24(17-26(42-31)32(38)39)36(30)18-28(37)35-12-14-40-15-13-35/h1-11,16-17H,12-15,18H2,(H,38,39). The molecule has 0 bridgehead atoms. The highest BCUT2D eigenvalue weighted by Crippen LogP contribution is 2.45. The molecule has 0 saturated carbocycles.